The van der Waals surface area contributed by atoms with Gasteiger partial charge >= 0.3 is 0 Å². The molecule has 9 aromatic rings. The molecule has 0 aliphatic rings. The summed E-state index contributed by atoms with van der Waals surface area (Å²) >= 11 is 0. The molecule has 0 N–H and O–H groups in total. The van der Waals surface area contributed by atoms with Gasteiger partial charge in [0.1, 0.15) is 17.8 Å². The van der Waals surface area contributed by atoms with Gasteiger partial charge in [-0.05, 0) is 83.4 Å². The van der Waals surface area contributed by atoms with Crippen LogP contribution in [0.15, 0.2) is 152 Å². The average Bonchev–Trinajstić information content (AvgIpc) is 3.67. The van der Waals surface area contributed by atoms with E-state index in [2.05, 4.69) is 130 Å². The highest BCUT2D eigenvalue weighted by molar-refractivity contribution is 6.12. The summed E-state index contributed by atoms with van der Waals surface area (Å²) in [6.45, 7) is 0. The van der Waals surface area contributed by atoms with Gasteiger partial charge in [0.25, 0.3) is 0 Å². The number of nitriles is 2. The van der Waals surface area contributed by atoms with Gasteiger partial charge < -0.3 is 4.57 Å². The third kappa shape index (κ3) is 4.20. The predicted octanol–water partition coefficient (Wildman–Crippen LogP) is 10.4. The fourth-order valence-corrected chi connectivity index (χ4v) is 6.99. The van der Waals surface area contributed by atoms with Crippen molar-refractivity contribution in [2.24, 2.45) is 0 Å². The zero-order valence-electron chi connectivity index (χ0n) is 25.7. The summed E-state index contributed by atoms with van der Waals surface area (Å²) in [7, 11) is 0. The van der Waals surface area contributed by atoms with Crippen molar-refractivity contribution in [1.29, 1.82) is 10.5 Å². The first kappa shape index (κ1) is 27.4. The number of hydrogen-bond acceptors (Lipinski definition) is 3. The van der Waals surface area contributed by atoms with Crippen LogP contribution in [0.4, 0.5) is 0 Å². The van der Waals surface area contributed by atoms with Crippen LogP contribution in [0.1, 0.15) is 11.1 Å². The largest absolute Gasteiger partial charge is 0.309 e. The lowest BCUT2D eigenvalue weighted by molar-refractivity contribution is 1.14. The van der Waals surface area contributed by atoms with Gasteiger partial charge in [-0.1, -0.05) is 78.9 Å². The molecule has 0 spiro atoms. The van der Waals surface area contributed by atoms with Crippen LogP contribution < -0.4 is 0 Å². The Morgan fingerprint density at radius 1 is 0.417 bits per heavy atom. The molecule has 0 radical (unpaired) electrons. The second-order valence-corrected chi connectivity index (χ2v) is 11.9. The van der Waals surface area contributed by atoms with Crippen molar-refractivity contribution in [3.05, 3.63) is 163 Å². The SMILES string of the molecule is N#Cc1ccc(-c2ccc(-n3c4ccccc4c4cc(-c5ccc6c(c5)c5ccccc5n6-c5ccccc5)cnc43)cc2)cc1C#N. The molecule has 48 heavy (non-hydrogen) atoms. The van der Waals surface area contributed by atoms with Gasteiger partial charge in [-0.25, -0.2) is 4.98 Å². The Bertz CT molecular complexity index is 2790. The summed E-state index contributed by atoms with van der Waals surface area (Å²) in [4.78, 5) is 5.08. The summed E-state index contributed by atoms with van der Waals surface area (Å²) < 4.78 is 4.53. The van der Waals surface area contributed by atoms with Crippen LogP contribution in [-0.4, -0.2) is 14.1 Å². The van der Waals surface area contributed by atoms with Crippen molar-refractivity contribution < 1.29 is 0 Å². The quantitative estimate of drug-likeness (QED) is 0.199. The molecule has 5 heteroatoms. The maximum Gasteiger partial charge on any atom is 0.145 e. The molecule has 0 aliphatic carbocycles. The number of pyridine rings is 1. The number of benzene rings is 6. The van der Waals surface area contributed by atoms with Crippen molar-refractivity contribution >= 4 is 43.7 Å². The molecule has 5 nitrogen and oxygen atoms in total. The van der Waals surface area contributed by atoms with Crippen molar-refractivity contribution in [3.8, 4) is 45.8 Å². The Labute approximate surface area is 276 Å². The summed E-state index contributed by atoms with van der Waals surface area (Å²) in [5, 5.41) is 23.5. The molecule has 222 valence electrons. The number of para-hydroxylation sites is 3. The van der Waals surface area contributed by atoms with E-state index in [0.717, 1.165) is 55.6 Å². The number of aromatic nitrogens is 3. The van der Waals surface area contributed by atoms with Gasteiger partial charge in [-0.3, -0.25) is 4.57 Å². The number of rotatable bonds is 4. The minimum absolute atomic E-state index is 0.377. The standard InChI is InChI=1S/C43H25N5/c44-25-31-15-14-29(22-32(31)26-45)28-16-19-35(20-17-28)48-41-13-7-5-11-37(41)39-24-33(27-46-43(39)48)30-18-21-42-38(23-30)36-10-4-6-12-40(36)47(42)34-8-2-1-3-9-34/h1-24,27H. The van der Waals surface area contributed by atoms with E-state index in [9.17, 15) is 10.5 Å². The monoisotopic (exact) mass is 611 g/mol. The highest BCUT2D eigenvalue weighted by Crippen LogP contribution is 2.37. The van der Waals surface area contributed by atoms with Crippen molar-refractivity contribution in [2.45, 2.75) is 0 Å². The molecule has 0 aliphatic heterocycles. The molecule has 0 saturated carbocycles. The maximum atomic E-state index is 9.50. The summed E-state index contributed by atoms with van der Waals surface area (Å²) in [5.41, 5.74) is 11.3. The van der Waals surface area contributed by atoms with Gasteiger partial charge in [0.2, 0.25) is 0 Å². The van der Waals surface area contributed by atoms with Gasteiger partial charge in [0.05, 0.1) is 27.7 Å². The lowest BCUT2D eigenvalue weighted by Crippen LogP contribution is -1.96. The smallest absolute Gasteiger partial charge is 0.145 e. The molecule has 0 fully saturated rings. The van der Waals surface area contributed by atoms with Crippen LogP contribution >= 0.6 is 0 Å². The van der Waals surface area contributed by atoms with Crippen LogP contribution in [-0.2, 0) is 0 Å². The maximum absolute atomic E-state index is 9.50. The summed E-state index contributed by atoms with van der Waals surface area (Å²) in [6, 6.07) is 54.3. The van der Waals surface area contributed by atoms with Crippen LogP contribution in [0.2, 0.25) is 0 Å². The normalized spacial score (nSPS) is 11.3. The van der Waals surface area contributed by atoms with Gasteiger partial charge in [0.15, 0.2) is 0 Å². The molecule has 0 saturated heterocycles. The molecule has 0 bridgehead atoms. The highest BCUT2D eigenvalue weighted by Gasteiger charge is 2.17. The second-order valence-electron chi connectivity index (χ2n) is 11.9. The van der Waals surface area contributed by atoms with Crippen LogP contribution in [0, 0.1) is 22.7 Å². The van der Waals surface area contributed by atoms with E-state index >= 15 is 0 Å². The number of hydrogen-bond donors (Lipinski definition) is 0. The molecule has 0 atom stereocenters. The summed E-state index contributed by atoms with van der Waals surface area (Å²) in [5.74, 6) is 0. The van der Waals surface area contributed by atoms with Crippen LogP contribution in [0.3, 0.4) is 0 Å². The Hall–Kier alpha value is -6.95. The molecule has 9 rings (SSSR count). The molecule has 0 amide bonds. The molecule has 0 unspecified atom stereocenters. The van der Waals surface area contributed by atoms with Crippen molar-refractivity contribution in [1.82, 2.24) is 14.1 Å². The minimum Gasteiger partial charge on any atom is -0.309 e. The zero-order chi connectivity index (χ0) is 32.2. The van der Waals surface area contributed by atoms with E-state index in [1.54, 1.807) is 12.1 Å². The van der Waals surface area contributed by atoms with E-state index in [4.69, 9.17) is 4.98 Å². The van der Waals surface area contributed by atoms with E-state index in [1.165, 1.54) is 21.8 Å². The molecular formula is C43H25N5. The zero-order valence-corrected chi connectivity index (χ0v) is 25.7. The first-order valence-corrected chi connectivity index (χ1v) is 15.7. The molecule has 3 aromatic heterocycles. The van der Waals surface area contributed by atoms with Crippen LogP contribution in [0.25, 0.3) is 77.4 Å². The highest BCUT2D eigenvalue weighted by atomic mass is 15.0. The Balaban J connectivity index is 1.16. The molecule has 3 heterocycles. The lowest BCUT2D eigenvalue weighted by atomic mass is 10.00. The topological polar surface area (TPSA) is 70.3 Å². The average molecular weight is 612 g/mol. The lowest BCUT2D eigenvalue weighted by Gasteiger charge is -2.10. The second kappa shape index (κ2) is 10.8. The van der Waals surface area contributed by atoms with Gasteiger partial charge in [-0.2, -0.15) is 10.5 Å². The summed E-state index contributed by atoms with van der Waals surface area (Å²) in [6.07, 6.45) is 1.98. The fraction of sp³-hybridized carbons (Fsp3) is 0. The van der Waals surface area contributed by atoms with Gasteiger partial charge in [0, 0.05) is 44.7 Å². The fourth-order valence-electron chi connectivity index (χ4n) is 6.99. The Morgan fingerprint density at radius 3 is 1.73 bits per heavy atom. The Kier molecular flexibility index (Phi) is 6.18. The first-order valence-electron chi connectivity index (χ1n) is 15.7. The van der Waals surface area contributed by atoms with Crippen LogP contribution in [0.5, 0.6) is 0 Å². The van der Waals surface area contributed by atoms with E-state index < -0.39 is 0 Å². The van der Waals surface area contributed by atoms with Crippen molar-refractivity contribution in [2.75, 3.05) is 0 Å². The van der Waals surface area contributed by atoms with E-state index in [1.807, 2.05) is 30.5 Å². The third-order valence-electron chi connectivity index (χ3n) is 9.25. The predicted molar refractivity (Wildman–Crippen MR) is 193 cm³/mol. The van der Waals surface area contributed by atoms with E-state index in [-0.39, 0.29) is 0 Å². The molecule has 6 aromatic carbocycles. The number of fused-ring (bicyclic) bond motifs is 6. The van der Waals surface area contributed by atoms with Crippen molar-refractivity contribution in [3.63, 3.8) is 0 Å². The molecular weight excluding hydrogens is 587 g/mol. The Morgan fingerprint density at radius 2 is 0.979 bits per heavy atom. The number of nitrogens with zero attached hydrogens (tertiary/aromatic N) is 5. The first-order chi connectivity index (χ1) is 23.7. The van der Waals surface area contributed by atoms with Gasteiger partial charge in [-0.15, -0.1) is 0 Å². The van der Waals surface area contributed by atoms with E-state index in [0.29, 0.717) is 11.1 Å². The minimum atomic E-state index is 0.377. The third-order valence-corrected chi connectivity index (χ3v) is 9.25.